The van der Waals surface area contributed by atoms with Crippen molar-refractivity contribution >= 4 is 29.1 Å². The molecule has 0 unspecified atom stereocenters. The lowest BCUT2D eigenvalue weighted by molar-refractivity contribution is -0.137. The lowest BCUT2D eigenvalue weighted by atomic mass is 10.1. The van der Waals surface area contributed by atoms with E-state index >= 15 is 0 Å². The fraction of sp³-hybridized carbons (Fsp3) is 0.0833. The Morgan fingerprint density at radius 2 is 1.69 bits per heavy atom. The van der Waals surface area contributed by atoms with E-state index in [9.17, 15) is 22.8 Å². The molecule has 0 radical (unpaired) electrons. The summed E-state index contributed by atoms with van der Waals surface area (Å²) in [6.07, 6.45) is -2.93. The van der Waals surface area contributed by atoms with Gasteiger partial charge in [-0.2, -0.15) is 18.3 Å². The minimum atomic E-state index is -4.43. The summed E-state index contributed by atoms with van der Waals surface area (Å²) in [6, 6.07) is 16.2. The lowest BCUT2D eigenvalue weighted by Gasteiger charge is -2.09. The molecule has 2 aromatic carbocycles. The highest BCUT2D eigenvalue weighted by molar-refractivity contribution is 6.04. The molecule has 11 heteroatoms. The molecule has 0 atom stereocenters. The highest BCUT2D eigenvalue weighted by atomic mass is 19.4. The Morgan fingerprint density at radius 1 is 0.971 bits per heavy atom. The molecular formula is C24H19F3N6O2. The molecule has 5 N–H and O–H groups in total. The van der Waals surface area contributed by atoms with Crippen molar-refractivity contribution in [1.82, 2.24) is 15.2 Å². The van der Waals surface area contributed by atoms with Gasteiger partial charge in [0.1, 0.15) is 11.4 Å². The Labute approximate surface area is 197 Å². The highest BCUT2D eigenvalue weighted by Gasteiger charge is 2.30. The number of nitrogens with one attached hydrogen (secondary N) is 3. The average Bonchev–Trinajstić information content (AvgIpc) is 3.24. The second-order valence-electron chi connectivity index (χ2n) is 7.52. The molecule has 0 aliphatic carbocycles. The van der Waals surface area contributed by atoms with Crippen LogP contribution < -0.4 is 16.4 Å². The Morgan fingerprint density at radius 3 is 2.29 bits per heavy atom. The van der Waals surface area contributed by atoms with Crippen LogP contribution in [0.25, 0.3) is 11.3 Å². The lowest BCUT2D eigenvalue weighted by Crippen LogP contribution is -2.15. The van der Waals surface area contributed by atoms with Gasteiger partial charge in [-0.05, 0) is 42.0 Å². The van der Waals surface area contributed by atoms with E-state index < -0.39 is 23.6 Å². The zero-order valence-electron chi connectivity index (χ0n) is 18.1. The predicted molar refractivity (Wildman–Crippen MR) is 124 cm³/mol. The molecule has 2 heterocycles. The third-order valence-corrected chi connectivity index (χ3v) is 5.03. The van der Waals surface area contributed by atoms with E-state index in [1.54, 1.807) is 48.7 Å². The SMILES string of the molecule is NC(=O)c1c(Nc2ccccn2)n[nH]c1-c1ccc(NC(=O)Cc2ccc(C(F)(F)F)cc2)cc1. The van der Waals surface area contributed by atoms with E-state index in [0.717, 1.165) is 12.1 Å². The van der Waals surface area contributed by atoms with Crippen molar-refractivity contribution in [3.63, 3.8) is 0 Å². The van der Waals surface area contributed by atoms with E-state index in [0.29, 0.717) is 28.3 Å². The molecule has 0 bridgehead atoms. The van der Waals surface area contributed by atoms with Gasteiger partial charge in [0.15, 0.2) is 5.82 Å². The Kier molecular flexibility index (Phi) is 6.49. The summed E-state index contributed by atoms with van der Waals surface area (Å²) in [5.74, 6) is -0.376. The van der Waals surface area contributed by atoms with Crippen molar-refractivity contribution in [2.24, 2.45) is 5.73 Å². The second-order valence-corrected chi connectivity index (χ2v) is 7.52. The van der Waals surface area contributed by atoms with E-state index in [-0.39, 0.29) is 17.8 Å². The topological polar surface area (TPSA) is 126 Å². The maximum atomic E-state index is 12.7. The van der Waals surface area contributed by atoms with Crippen molar-refractivity contribution in [2.75, 3.05) is 10.6 Å². The number of primary amides is 1. The van der Waals surface area contributed by atoms with Gasteiger partial charge in [-0.3, -0.25) is 14.7 Å². The van der Waals surface area contributed by atoms with Crippen LogP contribution in [0.3, 0.4) is 0 Å². The monoisotopic (exact) mass is 480 g/mol. The van der Waals surface area contributed by atoms with Gasteiger partial charge in [0.25, 0.3) is 5.91 Å². The van der Waals surface area contributed by atoms with Gasteiger partial charge in [-0.25, -0.2) is 4.98 Å². The summed E-state index contributed by atoms with van der Waals surface area (Å²) in [4.78, 5) is 28.6. The fourth-order valence-corrected chi connectivity index (χ4v) is 3.36. The van der Waals surface area contributed by atoms with E-state index in [2.05, 4.69) is 25.8 Å². The number of benzene rings is 2. The smallest absolute Gasteiger partial charge is 0.365 e. The number of nitrogens with zero attached hydrogens (tertiary/aromatic N) is 2. The van der Waals surface area contributed by atoms with Crippen molar-refractivity contribution in [3.05, 3.63) is 89.6 Å². The van der Waals surface area contributed by atoms with E-state index in [1.807, 2.05) is 0 Å². The van der Waals surface area contributed by atoms with Crippen molar-refractivity contribution in [3.8, 4) is 11.3 Å². The molecular weight excluding hydrogens is 461 g/mol. The number of anilines is 3. The first-order valence-electron chi connectivity index (χ1n) is 10.3. The zero-order valence-corrected chi connectivity index (χ0v) is 18.1. The standard InChI is InChI=1S/C24H19F3N6O2/c25-24(26,27)16-8-4-14(5-9-16)13-19(34)30-17-10-6-15(7-11-17)21-20(22(28)35)23(33-32-21)31-18-3-1-2-12-29-18/h1-12H,13H2,(H2,28,35)(H,30,34)(H2,29,31,32,33). The number of H-pyrrole nitrogens is 1. The average molecular weight is 480 g/mol. The molecule has 2 amide bonds. The normalized spacial score (nSPS) is 11.2. The summed E-state index contributed by atoms with van der Waals surface area (Å²) < 4.78 is 38.0. The Hall–Kier alpha value is -4.67. The number of nitrogens with two attached hydrogens (primary N) is 1. The Bertz CT molecular complexity index is 1330. The molecule has 2 aromatic heterocycles. The number of aromatic amines is 1. The maximum absolute atomic E-state index is 12.7. The number of rotatable bonds is 7. The van der Waals surface area contributed by atoms with Gasteiger partial charge < -0.3 is 16.4 Å². The summed E-state index contributed by atoms with van der Waals surface area (Å²) in [5, 5.41) is 12.6. The third-order valence-electron chi connectivity index (χ3n) is 5.03. The van der Waals surface area contributed by atoms with Gasteiger partial charge in [0.2, 0.25) is 5.91 Å². The zero-order chi connectivity index (χ0) is 25.0. The first-order valence-corrected chi connectivity index (χ1v) is 10.3. The summed E-state index contributed by atoms with van der Waals surface area (Å²) in [7, 11) is 0. The number of alkyl halides is 3. The third kappa shape index (κ3) is 5.64. The van der Waals surface area contributed by atoms with Crippen LogP contribution in [0.4, 0.5) is 30.5 Å². The number of carbonyl (C=O) groups excluding carboxylic acids is 2. The number of hydrogen-bond acceptors (Lipinski definition) is 5. The first kappa shape index (κ1) is 23.5. The Balaban J connectivity index is 1.45. The summed E-state index contributed by atoms with van der Waals surface area (Å²) in [6.45, 7) is 0. The number of hydrogen-bond donors (Lipinski definition) is 4. The summed E-state index contributed by atoms with van der Waals surface area (Å²) in [5.41, 5.74) is 6.85. The number of carbonyl (C=O) groups is 2. The molecule has 0 spiro atoms. The molecule has 0 fully saturated rings. The highest BCUT2D eigenvalue weighted by Crippen LogP contribution is 2.30. The molecule has 4 aromatic rings. The van der Waals surface area contributed by atoms with Crippen molar-refractivity contribution in [2.45, 2.75) is 12.6 Å². The van der Waals surface area contributed by atoms with Gasteiger partial charge in [0.05, 0.1) is 17.7 Å². The van der Waals surface area contributed by atoms with Crippen LogP contribution in [-0.4, -0.2) is 27.0 Å². The van der Waals surface area contributed by atoms with Crippen molar-refractivity contribution in [1.29, 1.82) is 0 Å². The van der Waals surface area contributed by atoms with Gasteiger partial charge >= 0.3 is 6.18 Å². The fourth-order valence-electron chi connectivity index (χ4n) is 3.36. The minimum absolute atomic E-state index is 0.0885. The minimum Gasteiger partial charge on any atom is -0.365 e. The predicted octanol–water partition coefficient (Wildman–Crippen LogP) is 4.51. The molecule has 8 nitrogen and oxygen atoms in total. The number of aromatic nitrogens is 3. The van der Waals surface area contributed by atoms with Crippen LogP contribution in [0.2, 0.25) is 0 Å². The molecule has 35 heavy (non-hydrogen) atoms. The van der Waals surface area contributed by atoms with Gasteiger partial charge in [-0.15, -0.1) is 0 Å². The molecule has 0 aliphatic rings. The molecule has 0 saturated carbocycles. The molecule has 4 rings (SSSR count). The molecule has 0 saturated heterocycles. The van der Waals surface area contributed by atoms with Crippen LogP contribution in [-0.2, 0) is 17.4 Å². The van der Waals surface area contributed by atoms with Gasteiger partial charge in [0, 0.05) is 17.4 Å². The van der Waals surface area contributed by atoms with Gasteiger partial charge in [-0.1, -0.05) is 30.3 Å². The quantitative estimate of drug-likeness (QED) is 0.310. The number of halogens is 3. The van der Waals surface area contributed by atoms with E-state index in [4.69, 9.17) is 5.73 Å². The van der Waals surface area contributed by atoms with Crippen LogP contribution in [0, 0.1) is 0 Å². The van der Waals surface area contributed by atoms with Crippen LogP contribution in [0.5, 0.6) is 0 Å². The number of pyridine rings is 1. The van der Waals surface area contributed by atoms with Crippen LogP contribution in [0.1, 0.15) is 21.5 Å². The largest absolute Gasteiger partial charge is 0.416 e. The van der Waals surface area contributed by atoms with Crippen molar-refractivity contribution < 1.29 is 22.8 Å². The van der Waals surface area contributed by atoms with Crippen LogP contribution >= 0.6 is 0 Å². The molecule has 0 aliphatic heterocycles. The molecule has 178 valence electrons. The summed E-state index contributed by atoms with van der Waals surface area (Å²) >= 11 is 0. The first-order chi connectivity index (χ1) is 16.7. The maximum Gasteiger partial charge on any atom is 0.416 e. The number of amides is 2. The second kappa shape index (κ2) is 9.67. The van der Waals surface area contributed by atoms with E-state index in [1.165, 1.54) is 12.1 Å². The van der Waals surface area contributed by atoms with Crippen LogP contribution in [0.15, 0.2) is 72.9 Å².